The van der Waals surface area contributed by atoms with Crippen molar-refractivity contribution in [3.8, 4) is 0 Å². The Morgan fingerprint density at radius 1 is 1.00 bits per heavy atom. The molecule has 9 heteroatoms. The maximum absolute atomic E-state index is 11.3. The van der Waals surface area contributed by atoms with E-state index in [-0.39, 0.29) is 5.22 Å². The van der Waals surface area contributed by atoms with E-state index in [1.54, 1.807) is 23.2 Å². The fraction of sp³-hybridized carbons (Fsp3) is 0.200. The number of nitrogens with zero attached hydrogens (tertiary/aromatic N) is 1. The average molecular weight is 344 g/mol. The van der Waals surface area contributed by atoms with Crippen molar-refractivity contribution in [2.24, 2.45) is 0 Å². The third kappa shape index (κ3) is 4.68. The number of benzene rings is 1. The van der Waals surface area contributed by atoms with E-state index in [1.807, 2.05) is 14.1 Å². The van der Waals surface area contributed by atoms with Crippen LogP contribution in [-0.4, -0.2) is 35.8 Å². The van der Waals surface area contributed by atoms with Gasteiger partial charge >= 0.3 is 0 Å². The monoisotopic (exact) mass is 343 g/mol. The quantitative estimate of drug-likeness (QED) is 0.732. The highest BCUT2D eigenvalue weighted by atomic mass is 35.7. The molecule has 0 aliphatic heterocycles. The summed E-state index contributed by atoms with van der Waals surface area (Å²) in [7, 11) is 4.90. The Labute approximate surface area is 120 Å². The molecule has 0 atom stereocenters. The standard InChI is InChI=1S/C10H11Cl2NO4S2/c1-13(2)7-8-3-5-9(6-4-8)10(18(11,14)15)19(12,16)17/h3-7H,1-2H3. The van der Waals surface area contributed by atoms with Crippen molar-refractivity contribution in [1.29, 1.82) is 0 Å². The number of hydrogen-bond acceptors (Lipinski definition) is 5. The molecule has 0 fully saturated rings. The predicted molar refractivity (Wildman–Crippen MR) is 76.8 cm³/mol. The van der Waals surface area contributed by atoms with Crippen LogP contribution in [0.2, 0.25) is 0 Å². The Morgan fingerprint density at radius 3 is 1.74 bits per heavy atom. The van der Waals surface area contributed by atoms with Gasteiger partial charge < -0.3 is 4.90 Å². The Morgan fingerprint density at radius 2 is 1.42 bits per heavy atom. The molecule has 106 valence electrons. The lowest BCUT2D eigenvalue weighted by Gasteiger charge is -2.03. The molecule has 0 saturated heterocycles. The molecule has 0 heterocycles. The Kier molecular flexibility index (Phi) is 4.89. The highest BCUT2D eigenvalue weighted by Gasteiger charge is 2.27. The molecule has 0 saturated carbocycles. The summed E-state index contributed by atoms with van der Waals surface area (Å²) < 4.78 is 44.1. The second-order valence-corrected chi connectivity index (χ2v) is 9.14. The van der Waals surface area contributed by atoms with Crippen LogP contribution >= 0.6 is 21.4 Å². The van der Waals surface area contributed by atoms with Gasteiger partial charge in [-0.05, 0) is 5.22 Å². The fourth-order valence-electron chi connectivity index (χ4n) is 1.40. The van der Waals surface area contributed by atoms with E-state index in [1.165, 1.54) is 12.1 Å². The van der Waals surface area contributed by atoms with Crippen LogP contribution in [-0.2, 0) is 18.1 Å². The molecule has 0 spiro atoms. The van der Waals surface area contributed by atoms with Gasteiger partial charge in [-0.2, -0.15) is 0 Å². The number of halogens is 2. The summed E-state index contributed by atoms with van der Waals surface area (Å²) in [6, 6.07) is 5.76. The maximum Gasteiger partial charge on any atom is 0.274 e. The molecule has 0 N–H and O–H groups in total. The Hall–Kier alpha value is -0.760. The minimum absolute atomic E-state index is 0.0825. The van der Waals surface area contributed by atoms with E-state index in [2.05, 4.69) is 0 Å². The zero-order chi connectivity index (χ0) is 14.8. The van der Waals surface area contributed by atoms with Gasteiger partial charge in [0, 0.05) is 46.9 Å². The van der Waals surface area contributed by atoms with Crippen molar-refractivity contribution in [2.45, 2.75) is 0 Å². The van der Waals surface area contributed by atoms with Crippen molar-refractivity contribution >= 4 is 49.9 Å². The topological polar surface area (TPSA) is 71.5 Å². The van der Waals surface area contributed by atoms with E-state index in [9.17, 15) is 16.8 Å². The second-order valence-electron chi connectivity index (χ2n) is 3.88. The summed E-state index contributed by atoms with van der Waals surface area (Å²) in [5.41, 5.74) is 0. The molecule has 0 aliphatic rings. The van der Waals surface area contributed by atoms with Crippen molar-refractivity contribution < 1.29 is 16.8 Å². The largest absolute Gasteiger partial charge is 0.383 e. The summed E-state index contributed by atoms with van der Waals surface area (Å²) >= 11 is 0. The van der Waals surface area contributed by atoms with Gasteiger partial charge in [-0.15, -0.1) is 0 Å². The van der Waals surface area contributed by atoms with Gasteiger partial charge in [-0.25, -0.2) is 16.8 Å². The first-order valence-electron chi connectivity index (χ1n) is 4.90. The molecule has 19 heavy (non-hydrogen) atoms. The number of rotatable bonds is 3. The van der Waals surface area contributed by atoms with E-state index in [0.717, 1.165) is 5.22 Å². The first-order valence-corrected chi connectivity index (χ1v) is 9.51. The summed E-state index contributed by atoms with van der Waals surface area (Å²) in [5.74, 6) is 0. The smallest absolute Gasteiger partial charge is 0.274 e. The molecular weight excluding hydrogens is 333 g/mol. The van der Waals surface area contributed by atoms with E-state index in [4.69, 9.17) is 21.4 Å². The molecule has 1 aromatic carbocycles. The second kappa shape index (κ2) is 5.70. The summed E-state index contributed by atoms with van der Waals surface area (Å²) in [4.78, 5) is 1.79. The van der Waals surface area contributed by atoms with Crippen molar-refractivity contribution in [2.75, 3.05) is 14.1 Å². The van der Waals surface area contributed by atoms with Gasteiger partial charge in [0.15, 0.2) is 4.24 Å². The predicted octanol–water partition coefficient (Wildman–Crippen LogP) is 0.189. The molecule has 0 aromatic heterocycles. The van der Waals surface area contributed by atoms with Crippen LogP contribution in [0.5, 0.6) is 0 Å². The summed E-state index contributed by atoms with van der Waals surface area (Å²) in [6.07, 6.45) is 1.77. The summed E-state index contributed by atoms with van der Waals surface area (Å²) in [5, 5.41) is 0.688. The van der Waals surface area contributed by atoms with Gasteiger partial charge in [0.1, 0.15) is 0 Å². The van der Waals surface area contributed by atoms with Crippen LogP contribution in [0.1, 0.15) is 0 Å². The first-order chi connectivity index (χ1) is 8.51. The molecular formula is C10H11Cl2NO4S2. The molecule has 0 bridgehead atoms. The Balaban J connectivity index is 3.70. The molecule has 0 unspecified atom stereocenters. The molecule has 5 nitrogen and oxygen atoms in total. The number of hydrogen-bond donors (Lipinski definition) is 0. The van der Waals surface area contributed by atoms with Gasteiger partial charge in [-0.3, -0.25) is 0 Å². The van der Waals surface area contributed by atoms with E-state index >= 15 is 0 Å². The van der Waals surface area contributed by atoms with Gasteiger partial charge in [0.25, 0.3) is 18.1 Å². The fourth-order valence-corrected chi connectivity index (χ4v) is 5.51. The molecule has 1 rings (SSSR count). The van der Waals surface area contributed by atoms with Crippen LogP contribution in [0.25, 0.3) is 10.4 Å². The van der Waals surface area contributed by atoms with Crippen LogP contribution in [0.3, 0.4) is 0 Å². The van der Waals surface area contributed by atoms with Crippen LogP contribution < -0.4 is 10.4 Å². The minimum Gasteiger partial charge on any atom is -0.383 e. The average Bonchev–Trinajstić information content (AvgIpc) is 2.15. The van der Waals surface area contributed by atoms with Gasteiger partial charge in [0.05, 0.1) is 0 Å². The summed E-state index contributed by atoms with van der Waals surface area (Å²) in [6.45, 7) is 0. The maximum atomic E-state index is 11.3. The van der Waals surface area contributed by atoms with Gasteiger partial charge in [-0.1, -0.05) is 24.3 Å². The molecule has 0 amide bonds. The highest BCUT2D eigenvalue weighted by molar-refractivity contribution is 8.39. The van der Waals surface area contributed by atoms with Crippen LogP contribution in [0, 0.1) is 0 Å². The van der Waals surface area contributed by atoms with Crippen molar-refractivity contribution in [1.82, 2.24) is 4.90 Å². The van der Waals surface area contributed by atoms with E-state index < -0.39 is 22.3 Å². The lowest BCUT2D eigenvalue weighted by atomic mass is 10.3. The Bertz CT molecular complexity index is 741. The minimum atomic E-state index is -4.46. The van der Waals surface area contributed by atoms with Crippen LogP contribution in [0.15, 0.2) is 24.3 Å². The first kappa shape index (κ1) is 16.3. The van der Waals surface area contributed by atoms with Gasteiger partial charge in [0.2, 0.25) is 0 Å². The SMILES string of the molecule is CN(C)C=c1ccc(=C(S(=O)(=O)Cl)S(=O)(=O)Cl)cc1. The zero-order valence-electron chi connectivity index (χ0n) is 10.0. The normalized spacial score (nSPS) is 12.0. The van der Waals surface area contributed by atoms with Crippen molar-refractivity contribution in [3.63, 3.8) is 0 Å². The third-order valence-electron chi connectivity index (χ3n) is 2.00. The zero-order valence-corrected chi connectivity index (χ0v) is 13.2. The van der Waals surface area contributed by atoms with Crippen molar-refractivity contribution in [3.05, 3.63) is 34.7 Å². The lowest BCUT2D eigenvalue weighted by molar-refractivity contribution is 0.613. The van der Waals surface area contributed by atoms with Crippen LogP contribution in [0.4, 0.5) is 0 Å². The molecule has 0 aliphatic carbocycles. The third-order valence-corrected chi connectivity index (χ3v) is 6.15. The lowest BCUT2D eigenvalue weighted by Crippen LogP contribution is -2.18. The molecule has 0 radical (unpaired) electrons. The van der Waals surface area contributed by atoms with E-state index in [0.29, 0.717) is 0 Å². The highest BCUT2D eigenvalue weighted by Crippen LogP contribution is 2.22. The molecule has 1 aromatic rings.